The van der Waals surface area contributed by atoms with Crippen LogP contribution >= 0.6 is 0 Å². The molecule has 0 spiro atoms. The van der Waals surface area contributed by atoms with Crippen LogP contribution < -0.4 is 0 Å². The van der Waals surface area contributed by atoms with Crippen LogP contribution in [0.1, 0.15) is 39.5 Å². The second-order valence-corrected chi connectivity index (χ2v) is 4.43. The monoisotopic (exact) mass is 168 g/mol. The maximum absolute atomic E-state index is 8.91. The predicted molar refractivity (Wildman–Crippen MR) is 52.0 cm³/mol. The van der Waals surface area contributed by atoms with Crippen LogP contribution in [0.2, 0.25) is 0 Å². The smallest absolute Gasteiger partial charge is 0.0433 e. The highest BCUT2D eigenvalue weighted by Crippen LogP contribution is 2.45. The summed E-state index contributed by atoms with van der Waals surface area (Å²) in [6.07, 6.45) is 4.63. The molecule has 0 saturated heterocycles. The Morgan fingerprint density at radius 3 is 2.83 bits per heavy atom. The summed E-state index contributed by atoms with van der Waals surface area (Å²) in [5.74, 6) is 0.642. The first kappa shape index (κ1) is 9.79. The van der Waals surface area contributed by atoms with Crippen molar-refractivity contribution in [3.05, 3.63) is 12.2 Å². The fourth-order valence-electron chi connectivity index (χ4n) is 2.19. The Morgan fingerprint density at radius 1 is 1.58 bits per heavy atom. The fourth-order valence-corrected chi connectivity index (χ4v) is 2.19. The van der Waals surface area contributed by atoms with Crippen molar-refractivity contribution in [2.45, 2.75) is 39.5 Å². The van der Waals surface area contributed by atoms with Gasteiger partial charge in [0, 0.05) is 6.61 Å². The normalized spacial score (nSPS) is 28.9. The first-order valence-corrected chi connectivity index (χ1v) is 4.88. The minimum Gasteiger partial charge on any atom is -0.396 e. The van der Waals surface area contributed by atoms with E-state index in [1.807, 2.05) is 0 Å². The van der Waals surface area contributed by atoms with E-state index in [4.69, 9.17) is 5.11 Å². The summed E-state index contributed by atoms with van der Waals surface area (Å²) >= 11 is 0. The van der Waals surface area contributed by atoms with Crippen molar-refractivity contribution < 1.29 is 5.11 Å². The molecular formula is C11H20O. The van der Waals surface area contributed by atoms with Crippen molar-refractivity contribution in [2.75, 3.05) is 6.61 Å². The molecule has 1 heteroatoms. The van der Waals surface area contributed by atoms with Gasteiger partial charge in [-0.2, -0.15) is 0 Å². The van der Waals surface area contributed by atoms with Crippen LogP contribution in [0.5, 0.6) is 0 Å². The van der Waals surface area contributed by atoms with E-state index < -0.39 is 0 Å². The SMILES string of the molecule is C=C1CCCC(CCO)C1(C)C. The molecule has 1 N–H and O–H groups in total. The number of allylic oxidation sites excluding steroid dienone is 1. The molecule has 0 amide bonds. The summed E-state index contributed by atoms with van der Waals surface area (Å²) in [6.45, 7) is 8.96. The lowest BCUT2D eigenvalue weighted by molar-refractivity contribution is 0.154. The van der Waals surface area contributed by atoms with Gasteiger partial charge in [-0.1, -0.05) is 26.0 Å². The maximum Gasteiger partial charge on any atom is 0.0433 e. The molecule has 0 radical (unpaired) electrons. The molecule has 1 nitrogen and oxygen atoms in total. The zero-order chi connectivity index (χ0) is 9.19. The quantitative estimate of drug-likeness (QED) is 0.629. The Bertz CT molecular complexity index is 168. The second-order valence-electron chi connectivity index (χ2n) is 4.43. The Hall–Kier alpha value is -0.300. The average Bonchev–Trinajstić information content (AvgIpc) is 2.00. The van der Waals surface area contributed by atoms with Gasteiger partial charge in [-0.05, 0) is 37.0 Å². The molecule has 1 fully saturated rings. The van der Waals surface area contributed by atoms with Crippen molar-refractivity contribution in [3.8, 4) is 0 Å². The molecule has 1 aliphatic carbocycles. The lowest BCUT2D eigenvalue weighted by atomic mass is 9.65. The van der Waals surface area contributed by atoms with Gasteiger partial charge in [-0.15, -0.1) is 0 Å². The van der Waals surface area contributed by atoms with Crippen LogP contribution in [-0.4, -0.2) is 11.7 Å². The standard InChI is InChI=1S/C11H20O/c1-9-5-4-6-10(7-8-12)11(9,2)3/h10,12H,1,4-8H2,2-3H3. The lowest BCUT2D eigenvalue weighted by Crippen LogP contribution is -2.30. The third-order valence-corrected chi connectivity index (χ3v) is 3.44. The first-order chi connectivity index (χ1) is 5.59. The maximum atomic E-state index is 8.91. The molecule has 1 saturated carbocycles. The van der Waals surface area contributed by atoms with Gasteiger partial charge >= 0.3 is 0 Å². The van der Waals surface area contributed by atoms with E-state index in [1.54, 1.807) is 0 Å². The van der Waals surface area contributed by atoms with E-state index >= 15 is 0 Å². The summed E-state index contributed by atoms with van der Waals surface area (Å²) in [5, 5.41) is 8.91. The third kappa shape index (κ3) is 1.71. The molecule has 0 aliphatic heterocycles. The van der Waals surface area contributed by atoms with Gasteiger partial charge in [0.15, 0.2) is 0 Å². The minimum absolute atomic E-state index is 0.251. The molecular weight excluding hydrogens is 148 g/mol. The minimum atomic E-state index is 0.251. The Morgan fingerprint density at radius 2 is 2.25 bits per heavy atom. The molecule has 0 aromatic carbocycles. The van der Waals surface area contributed by atoms with Gasteiger partial charge in [0.05, 0.1) is 0 Å². The highest BCUT2D eigenvalue weighted by atomic mass is 16.3. The molecule has 70 valence electrons. The van der Waals surface area contributed by atoms with Gasteiger partial charge in [0.2, 0.25) is 0 Å². The van der Waals surface area contributed by atoms with E-state index in [0.29, 0.717) is 12.5 Å². The summed E-state index contributed by atoms with van der Waals surface area (Å²) < 4.78 is 0. The van der Waals surface area contributed by atoms with Crippen molar-refractivity contribution in [2.24, 2.45) is 11.3 Å². The lowest BCUT2D eigenvalue weighted by Gasteiger charge is -2.40. The first-order valence-electron chi connectivity index (χ1n) is 4.88. The van der Waals surface area contributed by atoms with E-state index in [9.17, 15) is 0 Å². The molecule has 1 aliphatic rings. The number of aliphatic hydroxyl groups excluding tert-OH is 1. The Labute approximate surface area is 75.5 Å². The van der Waals surface area contributed by atoms with Crippen molar-refractivity contribution in [1.29, 1.82) is 0 Å². The molecule has 0 heterocycles. The summed E-state index contributed by atoms with van der Waals surface area (Å²) in [6, 6.07) is 0. The molecule has 1 atom stereocenters. The average molecular weight is 168 g/mol. The number of rotatable bonds is 2. The van der Waals surface area contributed by atoms with Crippen molar-refractivity contribution in [1.82, 2.24) is 0 Å². The number of hydrogen-bond donors (Lipinski definition) is 1. The van der Waals surface area contributed by atoms with Crippen LogP contribution in [-0.2, 0) is 0 Å². The summed E-state index contributed by atoms with van der Waals surface area (Å²) in [7, 11) is 0. The molecule has 0 aromatic rings. The van der Waals surface area contributed by atoms with Crippen LogP contribution in [0.15, 0.2) is 12.2 Å². The van der Waals surface area contributed by atoms with Gasteiger partial charge in [0.25, 0.3) is 0 Å². The predicted octanol–water partition coefficient (Wildman–Crippen LogP) is 2.75. The molecule has 1 unspecified atom stereocenters. The van der Waals surface area contributed by atoms with Crippen LogP contribution in [0, 0.1) is 11.3 Å². The van der Waals surface area contributed by atoms with Gasteiger partial charge in [-0.3, -0.25) is 0 Å². The van der Waals surface area contributed by atoms with Crippen molar-refractivity contribution in [3.63, 3.8) is 0 Å². The third-order valence-electron chi connectivity index (χ3n) is 3.44. The van der Waals surface area contributed by atoms with E-state index in [1.165, 1.54) is 24.8 Å². The zero-order valence-corrected chi connectivity index (χ0v) is 8.27. The summed E-state index contributed by atoms with van der Waals surface area (Å²) in [5.41, 5.74) is 1.62. The largest absolute Gasteiger partial charge is 0.396 e. The molecule has 12 heavy (non-hydrogen) atoms. The van der Waals surface area contributed by atoms with Gasteiger partial charge < -0.3 is 5.11 Å². The highest BCUT2D eigenvalue weighted by Gasteiger charge is 2.34. The van der Waals surface area contributed by atoms with E-state index in [-0.39, 0.29) is 5.41 Å². The fraction of sp³-hybridized carbons (Fsp3) is 0.818. The van der Waals surface area contributed by atoms with Gasteiger partial charge in [-0.25, -0.2) is 0 Å². The molecule has 0 bridgehead atoms. The molecule has 1 rings (SSSR count). The number of hydrogen-bond acceptors (Lipinski definition) is 1. The zero-order valence-electron chi connectivity index (χ0n) is 8.27. The topological polar surface area (TPSA) is 20.2 Å². The highest BCUT2D eigenvalue weighted by molar-refractivity contribution is 5.12. The van der Waals surface area contributed by atoms with Crippen molar-refractivity contribution >= 4 is 0 Å². The van der Waals surface area contributed by atoms with E-state index in [0.717, 1.165) is 6.42 Å². The molecule has 0 aromatic heterocycles. The van der Waals surface area contributed by atoms with Crippen LogP contribution in [0.25, 0.3) is 0 Å². The van der Waals surface area contributed by atoms with E-state index in [2.05, 4.69) is 20.4 Å². The summed E-state index contributed by atoms with van der Waals surface area (Å²) in [4.78, 5) is 0. The Balaban J connectivity index is 2.65. The Kier molecular flexibility index (Phi) is 2.94. The van der Waals surface area contributed by atoms with Crippen LogP contribution in [0.3, 0.4) is 0 Å². The van der Waals surface area contributed by atoms with Gasteiger partial charge in [0.1, 0.15) is 0 Å². The van der Waals surface area contributed by atoms with Crippen LogP contribution in [0.4, 0.5) is 0 Å². The number of aliphatic hydroxyl groups is 1. The second kappa shape index (κ2) is 3.61.